The molecule has 134 valence electrons. The third-order valence-electron chi connectivity index (χ3n) is 4.92. The number of carbonyl (C=O) groups is 1. The highest BCUT2D eigenvalue weighted by Gasteiger charge is 2.26. The Hall–Kier alpha value is -2.21. The van der Waals surface area contributed by atoms with Crippen LogP contribution in [0.2, 0.25) is 0 Å². The number of para-hydroxylation sites is 1. The Morgan fingerprint density at radius 1 is 1.28 bits per heavy atom. The number of hydrogen-bond donors (Lipinski definition) is 1. The summed E-state index contributed by atoms with van der Waals surface area (Å²) in [5, 5.41) is 7.86. The van der Waals surface area contributed by atoms with Gasteiger partial charge in [0.2, 0.25) is 5.82 Å². The van der Waals surface area contributed by atoms with E-state index in [4.69, 9.17) is 0 Å². The van der Waals surface area contributed by atoms with Crippen LogP contribution < -0.4 is 5.32 Å². The van der Waals surface area contributed by atoms with Crippen molar-refractivity contribution in [3.8, 4) is 5.69 Å². The molecule has 0 bridgehead atoms. The van der Waals surface area contributed by atoms with Crippen LogP contribution in [-0.2, 0) is 0 Å². The molecule has 0 unspecified atom stereocenters. The van der Waals surface area contributed by atoms with Crippen LogP contribution in [-0.4, -0.2) is 51.8 Å². The molecule has 1 fully saturated rings. The Balaban J connectivity index is 1.89. The van der Waals surface area contributed by atoms with Gasteiger partial charge in [0.05, 0.1) is 5.69 Å². The van der Waals surface area contributed by atoms with Crippen LogP contribution in [0.3, 0.4) is 0 Å². The molecule has 0 spiro atoms. The summed E-state index contributed by atoms with van der Waals surface area (Å²) in [5.41, 5.74) is 2.19. The summed E-state index contributed by atoms with van der Waals surface area (Å²) >= 11 is 0. The zero-order chi connectivity index (χ0) is 18.0. The van der Waals surface area contributed by atoms with Crippen molar-refractivity contribution >= 4 is 5.91 Å². The summed E-state index contributed by atoms with van der Waals surface area (Å²) < 4.78 is 1.79. The lowest BCUT2D eigenvalue weighted by molar-refractivity contribution is 0.0691. The second kappa shape index (κ2) is 7.35. The van der Waals surface area contributed by atoms with Gasteiger partial charge in [0.25, 0.3) is 5.91 Å². The number of benzene rings is 1. The minimum Gasteiger partial charge on any atom is -0.336 e. The SMILES string of the molecule is Cc1nc(C(=O)N(C)C2CCNCC2)nn1-c1ccccc1C(C)C. The highest BCUT2D eigenvalue weighted by Crippen LogP contribution is 2.23. The van der Waals surface area contributed by atoms with E-state index in [-0.39, 0.29) is 17.8 Å². The van der Waals surface area contributed by atoms with Crippen LogP contribution >= 0.6 is 0 Å². The van der Waals surface area contributed by atoms with Gasteiger partial charge in [-0.1, -0.05) is 32.0 Å². The monoisotopic (exact) mass is 341 g/mol. The molecule has 0 atom stereocenters. The fourth-order valence-electron chi connectivity index (χ4n) is 3.40. The first-order valence-corrected chi connectivity index (χ1v) is 9.00. The number of hydrogen-bond acceptors (Lipinski definition) is 4. The average Bonchev–Trinajstić information content (AvgIpc) is 3.02. The highest BCUT2D eigenvalue weighted by atomic mass is 16.2. The number of aromatic nitrogens is 3. The van der Waals surface area contributed by atoms with E-state index >= 15 is 0 Å². The van der Waals surface area contributed by atoms with E-state index < -0.39 is 0 Å². The molecule has 1 amide bonds. The maximum Gasteiger partial charge on any atom is 0.293 e. The minimum absolute atomic E-state index is 0.101. The van der Waals surface area contributed by atoms with E-state index in [1.807, 2.05) is 32.2 Å². The number of aryl methyl sites for hydroxylation is 1. The molecule has 25 heavy (non-hydrogen) atoms. The molecule has 2 aromatic rings. The van der Waals surface area contributed by atoms with E-state index in [9.17, 15) is 4.79 Å². The molecule has 1 aromatic heterocycles. The third-order valence-corrected chi connectivity index (χ3v) is 4.92. The van der Waals surface area contributed by atoms with Crippen molar-refractivity contribution in [3.05, 3.63) is 41.5 Å². The van der Waals surface area contributed by atoms with Gasteiger partial charge in [-0.2, -0.15) is 0 Å². The molecule has 6 heteroatoms. The molecule has 1 N–H and O–H groups in total. The van der Waals surface area contributed by atoms with Crippen molar-refractivity contribution in [2.75, 3.05) is 20.1 Å². The lowest BCUT2D eigenvalue weighted by Gasteiger charge is -2.30. The Kier molecular flexibility index (Phi) is 5.18. The summed E-state index contributed by atoms with van der Waals surface area (Å²) in [7, 11) is 1.86. The van der Waals surface area contributed by atoms with E-state index in [0.29, 0.717) is 5.92 Å². The van der Waals surface area contributed by atoms with Gasteiger partial charge in [-0.25, -0.2) is 9.67 Å². The van der Waals surface area contributed by atoms with Gasteiger partial charge in [-0.3, -0.25) is 4.79 Å². The topological polar surface area (TPSA) is 63.1 Å². The van der Waals surface area contributed by atoms with Gasteiger partial charge in [0, 0.05) is 13.1 Å². The van der Waals surface area contributed by atoms with E-state index in [1.165, 1.54) is 5.56 Å². The molecule has 3 rings (SSSR count). The highest BCUT2D eigenvalue weighted by molar-refractivity contribution is 5.90. The fourth-order valence-corrected chi connectivity index (χ4v) is 3.40. The average molecular weight is 341 g/mol. The first-order chi connectivity index (χ1) is 12.0. The Morgan fingerprint density at radius 3 is 2.64 bits per heavy atom. The molecule has 1 aromatic carbocycles. The number of nitrogens with zero attached hydrogens (tertiary/aromatic N) is 4. The number of amides is 1. The standard InChI is InChI=1S/C19H27N5O/c1-13(2)16-7-5-6-8-17(16)24-14(3)21-18(22-24)19(25)23(4)15-9-11-20-12-10-15/h5-8,13,15,20H,9-12H2,1-4H3. The predicted molar refractivity (Wildman–Crippen MR) is 98.2 cm³/mol. The van der Waals surface area contributed by atoms with Crippen molar-refractivity contribution in [1.29, 1.82) is 0 Å². The second-order valence-corrected chi connectivity index (χ2v) is 7.01. The zero-order valence-electron chi connectivity index (χ0n) is 15.5. The Labute approximate surface area is 149 Å². The zero-order valence-corrected chi connectivity index (χ0v) is 15.5. The van der Waals surface area contributed by atoms with Gasteiger partial charge in [0.1, 0.15) is 5.82 Å². The Bertz CT molecular complexity index is 746. The number of rotatable bonds is 4. The van der Waals surface area contributed by atoms with Crippen molar-refractivity contribution < 1.29 is 4.79 Å². The molecule has 1 saturated heterocycles. The molecule has 6 nitrogen and oxygen atoms in total. The summed E-state index contributed by atoms with van der Waals surface area (Å²) in [4.78, 5) is 19.1. The summed E-state index contributed by atoms with van der Waals surface area (Å²) in [6.45, 7) is 8.10. The summed E-state index contributed by atoms with van der Waals surface area (Å²) in [6.07, 6.45) is 1.94. The van der Waals surface area contributed by atoms with Crippen LogP contribution in [0.1, 0.15) is 54.6 Å². The fraction of sp³-hybridized carbons (Fsp3) is 0.526. The van der Waals surface area contributed by atoms with Gasteiger partial charge in [-0.15, -0.1) is 5.10 Å². The maximum absolute atomic E-state index is 12.8. The molecular weight excluding hydrogens is 314 g/mol. The van der Waals surface area contributed by atoms with Crippen LogP contribution in [0.5, 0.6) is 0 Å². The Morgan fingerprint density at radius 2 is 1.96 bits per heavy atom. The second-order valence-electron chi connectivity index (χ2n) is 7.01. The lowest BCUT2D eigenvalue weighted by Crippen LogP contribution is -2.44. The molecule has 1 aliphatic rings. The van der Waals surface area contributed by atoms with Gasteiger partial charge in [0.15, 0.2) is 0 Å². The molecule has 1 aliphatic heterocycles. The van der Waals surface area contributed by atoms with Gasteiger partial charge < -0.3 is 10.2 Å². The van der Waals surface area contributed by atoms with Crippen molar-refractivity contribution in [3.63, 3.8) is 0 Å². The van der Waals surface area contributed by atoms with Crippen molar-refractivity contribution in [1.82, 2.24) is 25.0 Å². The van der Waals surface area contributed by atoms with E-state index in [1.54, 1.807) is 9.58 Å². The van der Waals surface area contributed by atoms with Crippen LogP contribution in [0, 0.1) is 6.92 Å². The molecule has 0 radical (unpaired) electrons. The van der Waals surface area contributed by atoms with Gasteiger partial charge in [-0.05, 0) is 50.4 Å². The number of nitrogens with one attached hydrogen (secondary N) is 1. The first kappa shape index (κ1) is 17.6. The van der Waals surface area contributed by atoms with E-state index in [2.05, 4.69) is 35.3 Å². The summed E-state index contributed by atoms with van der Waals surface area (Å²) in [6, 6.07) is 8.41. The smallest absolute Gasteiger partial charge is 0.293 e. The summed E-state index contributed by atoms with van der Waals surface area (Å²) in [5.74, 6) is 1.28. The maximum atomic E-state index is 12.8. The third kappa shape index (κ3) is 3.58. The number of carbonyl (C=O) groups excluding carboxylic acids is 1. The van der Waals surface area contributed by atoms with E-state index in [0.717, 1.165) is 37.4 Å². The van der Waals surface area contributed by atoms with Crippen molar-refractivity contribution in [2.45, 2.75) is 45.6 Å². The first-order valence-electron chi connectivity index (χ1n) is 9.00. The van der Waals surface area contributed by atoms with Crippen molar-refractivity contribution in [2.24, 2.45) is 0 Å². The van der Waals surface area contributed by atoms with Crippen LogP contribution in [0.25, 0.3) is 5.69 Å². The molecule has 0 saturated carbocycles. The molecular formula is C19H27N5O. The van der Waals surface area contributed by atoms with Gasteiger partial charge >= 0.3 is 0 Å². The molecule has 2 heterocycles. The number of piperidine rings is 1. The molecule has 0 aliphatic carbocycles. The van der Waals surface area contributed by atoms with Crippen LogP contribution in [0.15, 0.2) is 24.3 Å². The lowest BCUT2D eigenvalue weighted by atomic mass is 10.0. The van der Waals surface area contributed by atoms with Crippen LogP contribution in [0.4, 0.5) is 0 Å². The quantitative estimate of drug-likeness (QED) is 0.928. The largest absolute Gasteiger partial charge is 0.336 e. The normalized spacial score (nSPS) is 15.6. The predicted octanol–water partition coefficient (Wildman–Crippen LogP) is 2.52. The minimum atomic E-state index is -0.101.